The summed E-state index contributed by atoms with van der Waals surface area (Å²) in [5, 5.41) is 3.49. The van der Waals surface area contributed by atoms with Gasteiger partial charge in [0.15, 0.2) is 0 Å². The van der Waals surface area contributed by atoms with Crippen LogP contribution in [-0.2, 0) is 0 Å². The summed E-state index contributed by atoms with van der Waals surface area (Å²) in [4.78, 5) is 7.51. The lowest BCUT2D eigenvalue weighted by Crippen LogP contribution is -2.24. The Morgan fingerprint density at radius 1 is 1.39 bits per heavy atom. The molecule has 2 aromatic rings. The van der Waals surface area contributed by atoms with E-state index in [4.69, 9.17) is 4.74 Å². The van der Waals surface area contributed by atoms with Gasteiger partial charge in [0, 0.05) is 18.0 Å². The second-order valence-corrected chi connectivity index (χ2v) is 4.10. The van der Waals surface area contributed by atoms with Crippen molar-refractivity contribution in [3.63, 3.8) is 0 Å². The highest BCUT2D eigenvalue weighted by molar-refractivity contribution is 5.38. The Labute approximate surface area is 107 Å². The number of aromatic amines is 1. The molecule has 0 radical (unpaired) electrons. The maximum absolute atomic E-state index is 5.42. The zero-order chi connectivity index (χ0) is 12.8. The van der Waals surface area contributed by atoms with Crippen LogP contribution >= 0.6 is 0 Å². The molecule has 0 bridgehead atoms. The molecule has 1 atom stereocenters. The van der Waals surface area contributed by atoms with Crippen molar-refractivity contribution in [3.8, 4) is 5.75 Å². The number of aromatic nitrogens is 2. The fraction of sp³-hybridized carbons (Fsp3) is 0.357. The van der Waals surface area contributed by atoms with Crippen molar-refractivity contribution in [2.75, 3.05) is 13.7 Å². The molecule has 2 N–H and O–H groups in total. The van der Waals surface area contributed by atoms with Gasteiger partial charge < -0.3 is 15.0 Å². The molecule has 1 heterocycles. The van der Waals surface area contributed by atoms with Crippen LogP contribution in [0.2, 0.25) is 0 Å². The van der Waals surface area contributed by atoms with Crippen LogP contribution in [0.4, 0.5) is 0 Å². The molecule has 4 heteroatoms. The monoisotopic (exact) mass is 245 g/mol. The first kappa shape index (κ1) is 12.6. The number of nitrogens with zero attached hydrogens (tertiary/aromatic N) is 1. The maximum Gasteiger partial charge on any atom is 0.127 e. The van der Waals surface area contributed by atoms with Crippen molar-refractivity contribution in [2.24, 2.45) is 0 Å². The first-order valence-corrected chi connectivity index (χ1v) is 6.22. The van der Waals surface area contributed by atoms with Crippen molar-refractivity contribution in [2.45, 2.75) is 19.4 Å². The molecular formula is C14H19N3O. The zero-order valence-corrected chi connectivity index (χ0v) is 10.8. The minimum Gasteiger partial charge on any atom is -0.496 e. The predicted molar refractivity (Wildman–Crippen MR) is 71.7 cm³/mol. The van der Waals surface area contributed by atoms with Crippen molar-refractivity contribution in [1.82, 2.24) is 15.3 Å². The number of ether oxygens (including phenoxy) is 1. The fourth-order valence-corrected chi connectivity index (χ4v) is 1.98. The average Bonchev–Trinajstić information content (AvgIpc) is 2.94. The second-order valence-electron chi connectivity index (χ2n) is 4.10. The van der Waals surface area contributed by atoms with Gasteiger partial charge in [0.25, 0.3) is 0 Å². The van der Waals surface area contributed by atoms with Crippen molar-refractivity contribution < 1.29 is 4.74 Å². The summed E-state index contributed by atoms with van der Waals surface area (Å²) >= 11 is 0. The van der Waals surface area contributed by atoms with Crippen LogP contribution in [0.3, 0.4) is 0 Å². The molecule has 0 aliphatic rings. The van der Waals surface area contributed by atoms with Gasteiger partial charge in [-0.15, -0.1) is 0 Å². The Bertz CT molecular complexity index is 468. The molecule has 0 saturated heterocycles. The van der Waals surface area contributed by atoms with Crippen LogP contribution in [0, 0.1) is 0 Å². The Morgan fingerprint density at radius 2 is 2.22 bits per heavy atom. The molecule has 0 fully saturated rings. The summed E-state index contributed by atoms with van der Waals surface area (Å²) in [6.45, 7) is 3.08. The normalized spacial score (nSPS) is 12.3. The standard InChI is InChI=1S/C14H19N3O/c1-3-8-15-13(14-16-9-10-17-14)11-6-4-5-7-12(11)18-2/h4-7,9-10,13,15H,3,8H2,1-2H3,(H,16,17). The van der Waals surface area contributed by atoms with Gasteiger partial charge in [0.05, 0.1) is 13.2 Å². The topological polar surface area (TPSA) is 49.9 Å². The van der Waals surface area contributed by atoms with E-state index < -0.39 is 0 Å². The number of imidazole rings is 1. The van der Waals surface area contributed by atoms with E-state index in [0.29, 0.717) is 0 Å². The first-order chi connectivity index (χ1) is 8.86. The van der Waals surface area contributed by atoms with Gasteiger partial charge in [0.1, 0.15) is 11.6 Å². The number of rotatable bonds is 6. The molecule has 0 aliphatic heterocycles. The molecular weight excluding hydrogens is 226 g/mol. The largest absolute Gasteiger partial charge is 0.496 e. The van der Waals surface area contributed by atoms with E-state index >= 15 is 0 Å². The Kier molecular flexibility index (Phi) is 4.36. The van der Waals surface area contributed by atoms with E-state index in [9.17, 15) is 0 Å². The predicted octanol–water partition coefficient (Wildman–Crippen LogP) is 2.51. The molecule has 4 nitrogen and oxygen atoms in total. The maximum atomic E-state index is 5.42. The number of benzene rings is 1. The highest BCUT2D eigenvalue weighted by Crippen LogP contribution is 2.27. The van der Waals surface area contributed by atoms with Crippen molar-refractivity contribution >= 4 is 0 Å². The van der Waals surface area contributed by atoms with Gasteiger partial charge in [-0.1, -0.05) is 25.1 Å². The van der Waals surface area contributed by atoms with E-state index in [1.54, 1.807) is 13.3 Å². The lowest BCUT2D eigenvalue weighted by Gasteiger charge is -2.19. The molecule has 0 saturated carbocycles. The number of hydrogen-bond donors (Lipinski definition) is 2. The van der Waals surface area contributed by atoms with E-state index in [0.717, 1.165) is 30.1 Å². The van der Waals surface area contributed by atoms with E-state index in [1.807, 2.05) is 24.4 Å². The molecule has 1 unspecified atom stereocenters. The number of methoxy groups -OCH3 is 1. The summed E-state index contributed by atoms with van der Waals surface area (Å²) < 4.78 is 5.42. The third-order valence-corrected chi connectivity index (χ3v) is 2.84. The highest BCUT2D eigenvalue weighted by Gasteiger charge is 2.18. The Hall–Kier alpha value is -1.81. The average molecular weight is 245 g/mol. The molecule has 96 valence electrons. The SMILES string of the molecule is CCCNC(c1ncc[nH]1)c1ccccc1OC. The van der Waals surface area contributed by atoms with Gasteiger partial charge in [0.2, 0.25) is 0 Å². The summed E-state index contributed by atoms with van der Waals surface area (Å²) in [6, 6.07) is 8.06. The van der Waals surface area contributed by atoms with Crippen LogP contribution in [-0.4, -0.2) is 23.6 Å². The zero-order valence-electron chi connectivity index (χ0n) is 10.8. The third-order valence-electron chi connectivity index (χ3n) is 2.84. The molecule has 1 aromatic heterocycles. The lowest BCUT2D eigenvalue weighted by molar-refractivity contribution is 0.402. The van der Waals surface area contributed by atoms with E-state index in [-0.39, 0.29) is 6.04 Å². The van der Waals surface area contributed by atoms with E-state index in [2.05, 4.69) is 28.3 Å². The summed E-state index contributed by atoms with van der Waals surface area (Å²) in [5.74, 6) is 1.79. The summed E-state index contributed by atoms with van der Waals surface area (Å²) in [5.41, 5.74) is 1.10. The lowest BCUT2D eigenvalue weighted by atomic mass is 10.0. The van der Waals surface area contributed by atoms with E-state index in [1.165, 1.54) is 0 Å². The van der Waals surface area contributed by atoms with Gasteiger partial charge in [-0.25, -0.2) is 4.98 Å². The number of hydrogen-bond acceptors (Lipinski definition) is 3. The van der Waals surface area contributed by atoms with Gasteiger partial charge in [-0.05, 0) is 19.0 Å². The number of H-pyrrole nitrogens is 1. The minimum absolute atomic E-state index is 0.0381. The smallest absolute Gasteiger partial charge is 0.127 e. The van der Waals surface area contributed by atoms with Crippen molar-refractivity contribution in [3.05, 3.63) is 48.0 Å². The quantitative estimate of drug-likeness (QED) is 0.822. The fourth-order valence-electron chi connectivity index (χ4n) is 1.98. The molecule has 18 heavy (non-hydrogen) atoms. The van der Waals surface area contributed by atoms with Crippen LogP contribution in [0.5, 0.6) is 5.75 Å². The van der Waals surface area contributed by atoms with Gasteiger partial charge in [-0.2, -0.15) is 0 Å². The molecule has 0 amide bonds. The molecule has 1 aromatic carbocycles. The summed E-state index contributed by atoms with van der Waals surface area (Å²) in [6.07, 6.45) is 4.68. The van der Waals surface area contributed by atoms with Crippen LogP contribution in [0.15, 0.2) is 36.7 Å². The highest BCUT2D eigenvalue weighted by atomic mass is 16.5. The van der Waals surface area contributed by atoms with Crippen LogP contribution in [0.1, 0.15) is 30.8 Å². The molecule has 0 spiro atoms. The minimum atomic E-state index is 0.0381. The molecule has 2 rings (SSSR count). The van der Waals surface area contributed by atoms with Crippen LogP contribution < -0.4 is 10.1 Å². The number of nitrogens with one attached hydrogen (secondary N) is 2. The first-order valence-electron chi connectivity index (χ1n) is 6.22. The second kappa shape index (κ2) is 6.21. The van der Waals surface area contributed by atoms with Gasteiger partial charge in [-0.3, -0.25) is 0 Å². The van der Waals surface area contributed by atoms with Crippen molar-refractivity contribution in [1.29, 1.82) is 0 Å². The Balaban J connectivity index is 2.33. The van der Waals surface area contributed by atoms with Gasteiger partial charge >= 0.3 is 0 Å². The Morgan fingerprint density at radius 3 is 2.89 bits per heavy atom. The summed E-state index contributed by atoms with van der Waals surface area (Å²) in [7, 11) is 1.69. The van der Waals surface area contributed by atoms with Crippen LogP contribution in [0.25, 0.3) is 0 Å². The number of para-hydroxylation sites is 1. The molecule has 0 aliphatic carbocycles. The third kappa shape index (κ3) is 2.71.